The second-order valence-corrected chi connectivity index (χ2v) is 5.56. The number of amides is 2. The predicted octanol–water partition coefficient (Wildman–Crippen LogP) is 3.02. The van der Waals surface area contributed by atoms with E-state index < -0.39 is 0 Å². The van der Waals surface area contributed by atoms with Crippen molar-refractivity contribution in [3.8, 4) is 11.3 Å². The summed E-state index contributed by atoms with van der Waals surface area (Å²) in [7, 11) is 1.86. The maximum Gasteiger partial charge on any atom is 0.320 e. The third kappa shape index (κ3) is 5.41. The molecule has 1 aromatic carbocycles. The first-order chi connectivity index (χ1) is 11.1. The van der Waals surface area contributed by atoms with Gasteiger partial charge in [-0.2, -0.15) is 5.10 Å². The minimum absolute atomic E-state index is 0.216. The highest BCUT2D eigenvalue weighted by Crippen LogP contribution is 2.21. The van der Waals surface area contributed by atoms with Gasteiger partial charge in [0.25, 0.3) is 0 Å². The smallest absolute Gasteiger partial charge is 0.320 e. The van der Waals surface area contributed by atoms with Crippen molar-refractivity contribution in [2.75, 3.05) is 18.5 Å². The molecule has 0 aliphatic rings. The number of nitrogens with zero attached hydrogens (tertiary/aromatic N) is 2. The standard InChI is InChI=1S/C17H24N4O2/c1-13(2)23-11-7-10-18-17(22)19-16-12-15(21(3)20-16)14-8-5-4-6-9-14/h4-6,8-9,12-13H,7,10-11H2,1-3H3,(H2,18,19,20,22). The molecule has 0 aliphatic carbocycles. The number of nitrogens with one attached hydrogen (secondary N) is 2. The Morgan fingerprint density at radius 3 is 2.74 bits per heavy atom. The van der Waals surface area contributed by atoms with Gasteiger partial charge in [0.05, 0.1) is 11.8 Å². The van der Waals surface area contributed by atoms with Crippen LogP contribution in [-0.2, 0) is 11.8 Å². The Bertz CT molecular complexity index is 623. The van der Waals surface area contributed by atoms with Gasteiger partial charge in [-0.25, -0.2) is 4.79 Å². The van der Waals surface area contributed by atoms with Crippen molar-refractivity contribution in [1.82, 2.24) is 15.1 Å². The van der Waals surface area contributed by atoms with E-state index in [-0.39, 0.29) is 12.1 Å². The molecule has 1 aromatic heterocycles. The molecule has 0 saturated carbocycles. The molecule has 2 rings (SSSR count). The summed E-state index contributed by atoms with van der Waals surface area (Å²) in [4.78, 5) is 11.9. The zero-order valence-electron chi connectivity index (χ0n) is 13.9. The van der Waals surface area contributed by atoms with E-state index in [2.05, 4.69) is 15.7 Å². The molecule has 6 heteroatoms. The third-order valence-corrected chi connectivity index (χ3v) is 3.25. The average molecular weight is 316 g/mol. The van der Waals surface area contributed by atoms with Crippen LogP contribution in [0.5, 0.6) is 0 Å². The average Bonchev–Trinajstić information content (AvgIpc) is 2.88. The van der Waals surface area contributed by atoms with Crippen LogP contribution < -0.4 is 10.6 Å². The Morgan fingerprint density at radius 2 is 2.04 bits per heavy atom. The van der Waals surface area contributed by atoms with E-state index >= 15 is 0 Å². The second-order valence-electron chi connectivity index (χ2n) is 5.56. The molecular formula is C17H24N4O2. The Balaban J connectivity index is 1.83. The number of anilines is 1. The topological polar surface area (TPSA) is 68.2 Å². The summed E-state index contributed by atoms with van der Waals surface area (Å²) in [6.07, 6.45) is 0.997. The Morgan fingerprint density at radius 1 is 1.30 bits per heavy atom. The van der Waals surface area contributed by atoms with Gasteiger partial charge in [-0.3, -0.25) is 10.00 Å². The van der Waals surface area contributed by atoms with Gasteiger partial charge in [0, 0.05) is 26.3 Å². The summed E-state index contributed by atoms with van der Waals surface area (Å²) in [5.41, 5.74) is 2.01. The largest absolute Gasteiger partial charge is 0.379 e. The van der Waals surface area contributed by atoms with E-state index in [1.807, 2.05) is 57.3 Å². The molecule has 23 heavy (non-hydrogen) atoms. The number of aryl methyl sites for hydroxylation is 1. The fourth-order valence-corrected chi connectivity index (χ4v) is 2.16. The number of rotatable bonds is 7. The number of carbonyl (C=O) groups is 1. The highest BCUT2D eigenvalue weighted by Gasteiger charge is 2.09. The highest BCUT2D eigenvalue weighted by molar-refractivity contribution is 5.88. The Labute approximate surface area is 136 Å². The number of urea groups is 1. The molecular weight excluding hydrogens is 292 g/mol. The molecule has 0 saturated heterocycles. The number of carbonyl (C=O) groups excluding carboxylic acids is 1. The maximum absolute atomic E-state index is 11.9. The molecule has 0 fully saturated rings. The summed E-state index contributed by atoms with van der Waals surface area (Å²) >= 11 is 0. The van der Waals surface area contributed by atoms with Gasteiger partial charge in [0.15, 0.2) is 5.82 Å². The quantitative estimate of drug-likeness (QED) is 0.772. The summed E-state index contributed by atoms with van der Waals surface area (Å²) in [5, 5.41) is 9.86. The van der Waals surface area contributed by atoms with E-state index in [0.29, 0.717) is 19.0 Å². The van der Waals surface area contributed by atoms with E-state index in [9.17, 15) is 4.79 Å². The van der Waals surface area contributed by atoms with Gasteiger partial charge < -0.3 is 10.1 Å². The first kappa shape index (κ1) is 17.0. The van der Waals surface area contributed by atoms with Crippen molar-refractivity contribution in [1.29, 1.82) is 0 Å². The number of ether oxygens (including phenoxy) is 1. The van der Waals surface area contributed by atoms with E-state index in [1.165, 1.54) is 0 Å². The van der Waals surface area contributed by atoms with Gasteiger partial charge in [0.1, 0.15) is 0 Å². The highest BCUT2D eigenvalue weighted by atomic mass is 16.5. The van der Waals surface area contributed by atoms with Crippen LogP contribution in [0.2, 0.25) is 0 Å². The molecule has 6 nitrogen and oxygen atoms in total. The van der Waals surface area contributed by atoms with E-state index in [4.69, 9.17) is 4.74 Å². The van der Waals surface area contributed by atoms with E-state index in [0.717, 1.165) is 17.7 Å². The monoisotopic (exact) mass is 316 g/mol. The van der Waals surface area contributed by atoms with Crippen molar-refractivity contribution < 1.29 is 9.53 Å². The first-order valence-corrected chi connectivity index (χ1v) is 7.82. The van der Waals surface area contributed by atoms with Crippen molar-refractivity contribution >= 4 is 11.8 Å². The van der Waals surface area contributed by atoms with Crippen LogP contribution in [0.3, 0.4) is 0 Å². The Kier molecular flexibility index (Phi) is 6.17. The van der Waals surface area contributed by atoms with Crippen LogP contribution in [0, 0.1) is 0 Å². The van der Waals surface area contributed by atoms with Crippen molar-refractivity contribution in [3.63, 3.8) is 0 Å². The van der Waals surface area contributed by atoms with Crippen molar-refractivity contribution in [2.24, 2.45) is 7.05 Å². The molecule has 2 aromatic rings. The van der Waals surface area contributed by atoms with Gasteiger partial charge in [-0.1, -0.05) is 30.3 Å². The molecule has 2 amide bonds. The van der Waals surface area contributed by atoms with Crippen LogP contribution >= 0.6 is 0 Å². The molecule has 0 bridgehead atoms. The van der Waals surface area contributed by atoms with Crippen LogP contribution in [-0.4, -0.2) is 35.1 Å². The lowest BCUT2D eigenvalue weighted by Crippen LogP contribution is -2.30. The Hall–Kier alpha value is -2.34. The zero-order valence-corrected chi connectivity index (χ0v) is 13.9. The summed E-state index contributed by atoms with van der Waals surface area (Å²) in [6, 6.07) is 11.5. The van der Waals surface area contributed by atoms with Crippen molar-refractivity contribution in [3.05, 3.63) is 36.4 Å². The van der Waals surface area contributed by atoms with Crippen LogP contribution in [0.1, 0.15) is 20.3 Å². The van der Waals surface area contributed by atoms with Crippen LogP contribution in [0.25, 0.3) is 11.3 Å². The molecule has 0 unspecified atom stereocenters. The summed E-state index contributed by atoms with van der Waals surface area (Å²) in [6.45, 7) is 5.19. The third-order valence-electron chi connectivity index (χ3n) is 3.25. The van der Waals surface area contributed by atoms with Crippen LogP contribution in [0.4, 0.5) is 10.6 Å². The fraction of sp³-hybridized carbons (Fsp3) is 0.412. The zero-order chi connectivity index (χ0) is 16.7. The predicted molar refractivity (Wildman–Crippen MR) is 91.4 cm³/mol. The van der Waals surface area contributed by atoms with Gasteiger partial charge in [-0.15, -0.1) is 0 Å². The molecule has 0 aliphatic heterocycles. The summed E-state index contributed by atoms with van der Waals surface area (Å²) in [5.74, 6) is 0.530. The molecule has 0 radical (unpaired) electrons. The lowest BCUT2D eigenvalue weighted by atomic mass is 10.1. The van der Waals surface area contributed by atoms with Gasteiger partial charge >= 0.3 is 6.03 Å². The molecule has 124 valence electrons. The number of benzene rings is 1. The lowest BCUT2D eigenvalue weighted by molar-refractivity contribution is 0.0775. The van der Waals surface area contributed by atoms with Crippen molar-refractivity contribution in [2.45, 2.75) is 26.4 Å². The SMILES string of the molecule is CC(C)OCCCNC(=O)Nc1cc(-c2ccccc2)n(C)n1. The number of hydrogen-bond acceptors (Lipinski definition) is 3. The molecule has 0 spiro atoms. The first-order valence-electron chi connectivity index (χ1n) is 7.82. The molecule has 0 atom stereocenters. The van der Waals surface area contributed by atoms with Gasteiger partial charge in [-0.05, 0) is 25.8 Å². The molecule has 2 N–H and O–H groups in total. The fourth-order valence-electron chi connectivity index (χ4n) is 2.16. The van der Waals surface area contributed by atoms with E-state index in [1.54, 1.807) is 4.68 Å². The molecule has 1 heterocycles. The number of hydrogen-bond donors (Lipinski definition) is 2. The lowest BCUT2D eigenvalue weighted by Gasteiger charge is -2.08. The summed E-state index contributed by atoms with van der Waals surface area (Å²) < 4.78 is 7.17. The van der Waals surface area contributed by atoms with Crippen LogP contribution in [0.15, 0.2) is 36.4 Å². The minimum Gasteiger partial charge on any atom is -0.379 e. The maximum atomic E-state index is 11.9. The normalized spacial score (nSPS) is 10.8. The second kappa shape index (κ2) is 8.33. The number of aromatic nitrogens is 2. The minimum atomic E-state index is -0.257. The van der Waals surface area contributed by atoms with Gasteiger partial charge in [0.2, 0.25) is 0 Å².